The zero-order valence-electron chi connectivity index (χ0n) is 16.3. The highest BCUT2D eigenvalue weighted by molar-refractivity contribution is 6.30. The molecule has 0 unspecified atom stereocenters. The molecule has 4 nitrogen and oxygen atoms in total. The standard InChI is InChI=1S/C23H25ClN2O2/c1-18-5-7-19(8-6-18)16-25-13-3-4-22(25)17-26(14-15-28-2)23(27)20-9-11-21(24)12-10-20/h3-13H,14-17H2,1-2H3. The average Bonchev–Trinajstić information content (AvgIpc) is 3.13. The van der Waals surface area contributed by atoms with Crippen LogP contribution in [0, 0.1) is 6.92 Å². The molecular formula is C23H25ClN2O2. The maximum Gasteiger partial charge on any atom is 0.254 e. The van der Waals surface area contributed by atoms with Crippen LogP contribution in [0.1, 0.15) is 27.2 Å². The molecule has 0 fully saturated rings. The molecule has 1 heterocycles. The molecule has 3 aromatic rings. The van der Waals surface area contributed by atoms with Gasteiger partial charge in [0.2, 0.25) is 0 Å². The third kappa shape index (κ3) is 5.24. The summed E-state index contributed by atoms with van der Waals surface area (Å²) in [6.45, 7) is 4.38. The number of hydrogen-bond donors (Lipinski definition) is 0. The normalized spacial score (nSPS) is 10.8. The van der Waals surface area contributed by atoms with Gasteiger partial charge < -0.3 is 14.2 Å². The monoisotopic (exact) mass is 396 g/mol. The SMILES string of the molecule is COCCN(Cc1cccn1Cc1ccc(C)cc1)C(=O)c1ccc(Cl)cc1. The van der Waals surface area contributed by atoms with Gasteiger partial charge in [-0.25, -0.2) is 0 Å². The van der Waals surface area contributed by atoms with Gasteiger partial charge in [-0.15, -0.1) is 0 Å². The van der Waals surface area contributed by atoms with Crippen molar-refractivity contribution in [3.05, 3.63) is 94.3 Å². The Labute approximate surface area is 171 Å². The lowest BCUT2D eigenvalue weighted by atomic mass is 10.1. The predicted molar refractivity (Wildman–Crippen MR) is 113 cm³/mol. The second-order valence-electron chi connectivity index (χ2n) is 6.84. The molecule has 5 heteroatoms. The number of hydrogen-bond acceptors (Lipinski definition) is 2. The quantitative estimate of drug-likeness (QED) is 0.548. The van der Waals surface area contributed by atoms with Crippen molar-refractivity contribution in [2.45, 2.75) is 20.0 Å². The fraction of sp³-hybridized carbons (Fsp3) is 0.261. The predicted octanol–water partition coefficient (Wildman–Crippen LogP) is 4.79. The van der Waals surface area contributed by atoms with Gasteiger partial charge in [0, 0.05) is 42.7 Å². The highest BCUT2D eigenvalue weighted by Crippen LogP contribution is 2.15. The van der Waals surface area contributed by atoms with E-state index in [1.165, 1.54) is 11.1 Å². The third-order valence-electron chi connectivity index (χ3n) is 4.69. The first-order valence-electron chi connectivity index (χ1n) is 9.30. The summed E-state index contributed by atoms with van der Waals surface area (Å²) >= 11 is 5.95. The van der Waals surface area contributed by atoms with Crippen molar-refractivity contribution < 1.29 is 9.53 Å². The fourth-order valence-corrected chi connectivity index (χ4v) is 3.19. The van der Waals surface area contributed by atoms with Crippen molar-refractivity contribution in [3.63, 3.8) is 0 Å². The molecule has 28 heavy (non-hydrogen) atoms. The summed E-state index contributed by atoms with van der Waals surface area (Å²) in [7, 11) is 1.64. The zero-order chi connectivity index (χ0) is 19.9. The minimum atomic E-state index is -0.0307. The molecule has 1 aromatic heterocycles. The zero-order valence-corrected chi connectivity index (χ0v) is 17.0. The number of carbonyl (C=O) groups is 1. The largest absolute Gasteiger partial charge is 0.383 e. The second-order valence-corrected chi connectivity index (χ2v) is 7.28. The topological polar surface area (TPSA) is 34.5 Å². The molecule has 0 aliphatic heterocycles. The molecular weight excluding hydrogens is 372 g/mol. The third-order valence-corrected chi connectivity index (χ3v) is 4.95. The van der Waals surface area contributed by atoms with E-state index in [9.17, 15) is 4.79 Å². The Morgan fingerprint density at radius 3 is 2.46 bits per heavy atom. The maximum absolute atomic E-state index is 13.0. The van der Waals surface area contributed by atoms with E-state index in [4.69, 9.17) is 16.3 Å². The van der Waals surface area contributed by atoms with E-state index in [1.54, 1.807) is 31.4 Å². The van der Waals surface area contributed by atoms with E-state index in [1.807, 2.05) is 11.0 Å². The highest BCUT2D eigenvalue weighted by Gasteiger charge is 2.17. The van der Waals surface area contributed by atoms with E-state index in [2.05, 4.69) is 48.0 Å². The Kier molecular flexibility index (Phi) is 6.90. The average molecular weight is 397 g/mol. The molecule has 146 valence electrons. The highest BCUT2D eigenvalue weighted by atomic mass is 35.5. The van der Waals surface area contributed by atoms with Gasteiger partial charge in [0.1, 0.15) is 0 Å². The maximum atomic E-state index is 13.0. The molecule has 1 amide bonds. The van der Waals surface area contributed by atoms with Gasteiger partial charge >= 0.3 is 0 Å². The van der Waals surface area contributed by atoms with Crippen LogP contribution in [0.3, 0.4) is 0 Å². The number of nitrogens with zero attached hydrogens (tertiary/aromatic N) is 2. The summed E-state index contributed by atoms with van der Waals surface area (Å²) in [6.07, 6.45) is 2.05. The van der Waals surface area contributed by atoms with Crippen LogP contribution in [0.4, 0.5) is 0 Å². The number of carbonyl (C=O) groups excluding carboxylic acids is 1. The summed E-state index contributed by atoms with van der Waals surface area (Å²) in [4.78, 5) is 14.8. The Morgan fingerprint density at radius 1 is 1.07 bits per heavy atom. The van der Waals surface area contributed by atoms with Gasteiger partial charge in [0.15, 0.2) is 0 Å². The van der Waals surface area contributed by atoms with Crippen LogP contribution < -0.4 is 0 Å². The van der Waals surface area contributed by atoms with E-state index in [0.29, 0.717) is 30.3 Å². The lowest BCUT2D eigenvalue weighted by molar-refractivity contribution is 0.0676. The van der Waals surface area contributed by atoms with Crippen molar-refractivity contribution in [2.75, 3.05) is 20.3 Å². The van der Waals surface area contributed by atoms with Crippen molar-refractivity contribution in [3.8, 4) is 0 Å². The number of halogens is 1. The van der Waals surface area contributed by atoms with Crippen molar-refractivity contribution in [1.29, 1.82) is 0 Å². The van der Waals surface area contributed by atoms with Crippen LogP contribution in [-0.2, 0) is 17.8 Å². The van der Waals surface area contributed by atoms with E-state index in [-0.39, 0.29) is 5.91 Å². The number of benzene rings is 2. The molecule has 2 aromatic carbocycles. The molecule has 0 aliphatic rings. The molecule has 0 aliphatic carbocycles. The van der Waals surface area contributed by atoms with Crippen LogP contribution >= 0.6 is 11.6 Å². The number of amides is 1. The van der Waals surface area contributed by atoms with Gasteiger partial charge in [-0.3, -0.25) is 4.79 Å². The first kappa shape index (κ1) is 20.2. The molecule has 0 bridgehead atoms. The first-order chi connectivity index (χ1) is 13.6. The van der Waals surface area contributed by atoms with Gasteiger partial charge in [0.05, 0.1) is 13.2 Å². The van der Waals surface area contributed by atoms with E-state index in [0.717, 1.165) is 12.2 Å². The van der Waals surface area contributed by atoms with Gasteiger partial charge in [0.25, 0.3) is 5.91 Å². The van der Waals surface area contributed by atoms with Crippen molar-refractivity contribution >= 4 is 17.5 Å². The summed E-state index contributed by atoms with van der Waals surface area (Å²) in [6, 6.07) is 19.6. The number of methoxy groups -OCH3 is 1. The molecule has 0 N–H and O–H groups in total. The van der Waals surface area contributed by atoms with Gasteiger partial charge in [-0.1, -0.05) is 41.4 Å². The summed E-state index contributed by atoms with van der Waals surface area (Å²) in [5.74, 6) is -0.0307. The van der Waals surface area contributed by atoms with Crippen LogP contribution in [0.5, 0.6) is 0 Å². The number of ether oxygens (including phenoxy) is 1. The Morgan fingerprint density at radius 2 is 1.79 bits per heavy atom. The summed E-state index contributed by atoms with van der Waals surface area (Å²) in [5, 5.41) is 0.618. The number of aryl methyl sites for hydroxylation is 1. The smallest absolute Gasteiger partial charge is 0.254 e. The van der Waals surface area contributed by atoms with Crippen LogP contribution in [-0.4, -0.2) is 35.6 Å². The Balaban J connectivity index is 1.77. The van der Waals surface area contributed by atoms with E-state index >= 15 is 0 Å². The lowest BCUT2D eigenvalue weighted by Gasteiger charge is -2.23. The molecule has 3 rings (SSSR count). The minimum Gasteiger partial charge on any atom is -0.383 e. The molecule has 0 saturated heterocycles. The molecule has 0 saturated carbocycles. The summed E-state index contributed by atoms with van der Waals surface area (Å²) in [5.41, 5.74) is 4.18. The lowest BCUT2D eigenvalue weighted by Crippen LogP contribution is -2.34. The van der Waals surface area contributed by atoms with Crippen LogP contribution in [0.2, 0.25) is 5.02 Å². The minimum absolute atomic E-state index is 0.0307. The molecule has 0 radical (unpaired) electrons. The van der Waals surface area contributed by atoms with Gasteiger partial charge in [-0.05, 0) is 48.9 Å². The van der Waals surface area contributed by atoms with Gasteiger partial charge in [-0.2, -0.15) is 0 Å². The van der Waals surface area contributed by atoms with Crippen molar-refractivity contribution in [2.24, 2.45) is 0 Å². The second kappa shape index (κ2) is 9.58. The molecule has 0 atom stereocenters. The summed E-state index contributed by atoms with van der Waals surface area (Å²) < 4.78 is 7.39. The first-order valence-corrected chi connectivity index (χ1v) is 9.68. The van der Waals surface area contributed by atoms with E-state index < -0.39 is 0 Å². The Hall–Kier alpha value is -2.56. The fourth-order valence-electron chi connectivity index (χ4n) is 3.06. The van der Waals surface area contributed by atoms with Crippen LogP contribution in [0.25, 0.3) is 0 Å². The van der Waals surface area contributed by atoms with Crippen molar-refractivity contribution in [1.82, 2.24) is 9.47 Å². The van der Waals surface area contributed by atoms with Crippen LogP contribution in [0.15, 0.2) is 66.9 Å². The Bertz CT molecular complexity index is 901. The molecule has 0 spiro atoms. The number of aromatic nitrogens is 1. The number of rotatable bonds is 8.